The van der Waals surface area contributed by atoms with Gasteiger partial charge < -0.3 is 0 Å². The van der Waals surface area contributed by atoms with Crippen LogP contribution in [-0.2, 0) is 10.8 Å². The number of carbonyl (C=O) groups is 1. The van der Waals surface area contributed by atoms with Crippen molar-refractivity contribution in [3.05, 3.63) is 60.2 Å². The Bertz CT molecular complexity index is 520. The van der Waals surface area contributed by atoms with Gasteiger partial charge in [0, 0.05) is 10.5 Å². The number of hydrogen-bond acceptors (Lipinski definition) is 2. The van der Waals surface area contributed by atoms with Crippen molar-refractivity contribution in [2.45, 2.75) is 9.79 Å². The van der Waals surface area contributed by atoms with Crippen LogP contribution in [0, 0.1) is 0 Å². The average molecular weight is 230 g/mol. The topological polar surface area (TPSA) is 34.1 Å². The molecule has 1 unspecified atom stereocenters. The molecule has 0 aliphatic heterocycles. The van der Waals surface area contributed by atoms with Crippen molar-refractivity contribution in [1.29, 1.82) is 0 Å². The molecule has 2 rings (SSSR count). The second-order valence-corrected chi connectivity index (χ2v) is 4.69. The van der Waals surface area contributed by atoms with Gasteiger partial charge in [-0.2, -0.15) is 0 Å². The molecule has 0 bridgehead atoms. The summed E-state index contributed by atoms with van der Waals surface area (Å²) in [5.74, 6) is 0. The molecule has 0 fully saturated rings. The van der Waals surface area contributed by atoms with Crippen molar-refractivity contribution >= 4 is 17.1 Å². The Morgan fingerprint density at radius 3 is 2.19 bits per heavy atom. The van der Waals surface area contributed by atoms with Crippen molar-refractivity contribution in [3.63, 3.8) is 0 Å². The zero-order valence-corrected chi connectivity index (χ0v) is 9.31. The summed E-state index contributed by atoms with van der Waals surface area (Å²) in [5, 5.41) is 0. The Morgan fingerprint density at radius 2 is 1.50 bits per heavy atom. The first-order valence-corrected chi connectivity index (χ1v) is 5.99. The van der Waals surface area contributed by atoms with E-state index >= 15 is 0 Å². The average Bonchev–Trinajstić information content (AvgIpc) is 2.39. The van der Waals surface area contributed by atoms with E-state index in [0.717, 1.165) is 6.29 Å². The second-order valence-electron chi connectivity index (χ2n) is 3.24. The first kappa shape index (κ1) is 10.8. The Balaban J connectivity index is 2.46. The van der Waals surface area contributed by atoms with Crippen molar-refractivity contribution in [1.82, 2.24) is 0 Å². The molecule has 0 saturated heterocycles. The maximum atomic E-state index is 12.2. The molecular formula is C13H10O2S. The van der Waals surface area contributed by atoms with Gasteiger partial charge in [0.2, 0.25) is 0 Å². The Morgan fingerprint density at radius 1 is 0.875 bits per heavy atom. The van der Waals surface area contributed by atoms with E-state index in [2.05, 4.69) is 0 Å². The minimum Gasteiger partial charge on any atom is -0.298 e. The number of carbonyl (C=O) groups excluding carboxylic acids is 1. The van der Waals surface area contributed by atoms with E-state index in [4.69, 9.17) is 0 Å². The van der Waals surface area contributed by atoms with E-state index in [9.17, 15) is 9.00 Å². The van der Waals surface area contributed by atoms with Crippen LogP contribution in [0.3, 0.4) is 0 Å². The van der Waals surface area contributed by atoms with E-state index in [0.29, 0.717) is 15.4 Å². The number of aldehydes is 1. The van der Waals surface area contributed by atoms with Crippen LogP contribution in [0.4, 0.5) is 0 Å². The van der Waals surface area contributed by atoms with Gasteiger partial charge in [0.25, 0.3) is 0 Å². The highest BCUT2D eigenvalue weighted by atomic mass is 32.2. The monoisotopic (exact) mass is 230 g/mol. The van der Waals surface area contributed by atoms with Gasteiger partial charge in [-0.3, -0.25) is 4.79 Å². The van der Waals surface area contributed by atoms with E-state index in [-0.39, 0.29) is 0 Å². The molecule has 0 aliphatic rings. The summed E-state index contributed by atoms with van der Waals surface area (Å²) in [6.45, 7) is 0. The molecule has 0 N–H and O–H groups in total. The van der Waals surface area contributed by atoms with Gasteiger partial charge in [0.1, 0.15) is 0 Å². The maximum Gasteiger partial charge on any atom is 0.151 e. The highest BCUT2D eigenvalue weighted by Gasteiger charge is 2.10. The van der Waals surface area contributed by atoms with Gasteiger partial charge in [-0.25, -0.2) is 4.21 Å². The summed E-state index contributed by atoms with van der Waals surface area (Å²) >= 11 is 0. The number of rotatable bonds is 3. The van der Waals surface area contributed by atoms with E-state index in [1.54, 1.807) is 36.4 Å². The van der Waals surface area contributed by atoms with Crippen LogP contribution in [0.5, 0.6) is 0 Å². The summed E-state index contributed by atoms with van der Waals surface area (Å²) in [4.78, 5) is 12.1. The Hall–Kier alpha value is -1.74. The van der Waals surface area contributed by atoms with Crippen molar-refractivity contribution < 1.29 is 9.00 Å². The molecule has 2 aromatic rings. The predicted molar refractivity (Wildman–Crippen MR) is 62.9 cm³/mol. The van der Waals surface area contributed by atoms with Crippen LogP contribution in [0.25, 0.3) is 0 Å². The molecular weight excluding hydrogens is 220 g/mol. The smallest absolute Gasteiger partial charge is 0.151 e. The fraction of sp³-hybridized carbons (Fsp3) is 0. The molecule has 0 radical (unpaired) electrons. The molecule has 80 valence electrons. The third-order valence-corrected chi connectivity index (χ3v) is 3.67. The zero-order valence-electron chi connectivity index (χ0n) is 8.50. The van der Waals surface area contributed by atoms with Gasteiger partial charge in [-0.1, -0.05) is 36.4 Å². The summed E-state index contributed by atoms with van der Waals surface area (Å²) in [6, 6.07) is 16.0. The fourth-order valence-corrected chi connectivity index (χ4v) is 2.61. The van der Waals surface area contributed by atoms with E-state index in [1.165, 1.54) is 0 Å². The molecule has 16 heavy (non-hydrogen) atoms. The van der Waals surface area contributed by atoms with Crippen LogP contribution < -0.4 is 0 Å². The van der Waals surface area contributed by atoms with Crippen LogP contribution in [0.15, 0.2) is 64.4 Å². The zero-order chi connectivity index (χ0) is 11.4. The van der Waals surface area contributed by atoms with Crippen LogP contribution >= 0.6 is 0 Å². The number of benzene rings is 2. The van der Waals surface area contributed by atoms with Crippen molar-refractivity contribution in [2.75, 3.05) is 0 Å². The lowest BCUT2D eigenvalue weighted by Gasteiger charge is -2.04. The van der Waals surface area contributed by atoms with E-state index < -0.39 is 10.8 Å². The summed E-state index contributed by atoms with van der Waals surface area (Å²) in [6.07, 6.45) is 0.732. The standard InChI is InChI=1S/C13H10O2S/c14-10-11-6-4-5-9-13(11)16(15)12-7-2-1-3-8-12/h1-10H. The van der Waals surface area contributed by atoms with Gasteiger partial charge in [-0.15, -0.1) is 0 Å². The predicted octanol–water partition coefficient (Wildman–Crippen LogP) is 2.67. The van der Waals surface area contributed by atoms with Crippen LogP contribution in [-0.4, -0.2) is 10.5 Å². The largest absolute Gasteiger partial charge is 0.298 e. The van der Waals surface area contributed by atoms with Crippen molar-refractivity contribution in [2.24, 2.45) is 0 Å². The van der Waals surface area contributed by atoms with Gasteiger partial charge in [-0.05, 0) is 18.2 Å². The lowest BCUT2D eigenvalue weighted by Crippen LogP contribution is -1.97. The first-order valence-electron chi connectivity index (χ1n) is 4.84. The maximum absolute atomic E-state index is 12.2. The minimum absolute atomic E-state index is 0.477. The minimum atomic E-state index is -1.29. The highest BCUT2D eigenvalue weighted by molar-refractivity contribution is 7.85. The molecule has 0 aromatic heterocycles. The van der Waals surface area contributed by atoms with E-state index in [1.807, 2.05) is 18.2 Å². The molecule has 3 heteroatoms. The number of hydrogen-bond donors (Lipinski definition) is 0. The molecule has 2 nitrogen and oxygen atoms in total. The highest BCUT2D eigenvalue weighted by Crippen LogP contribution is 2.18. The second kappa shape index (κ2) is 4.86. The van der Waals surface area contributed by atoms with Gasteiger partial charge in [0.05, 0.1) is 15.7 Å². The molecule has 0 amide bonds. The first-order chi connectivity index (χ1) is 7.83. The molecule has 2 aromatic carbocycles. The quantitative estimate of drug-likeness (QED) is 0.760. The SMILES string of the molecule is O=Cc1ccccc1S(=O)c1ccccc1. The molecule has 1 atom stereocenters. The third-order valence-electron chi connectivity index (χ3n) is 2.20. The van der Waals surface area contributed by atoms with Crippen LogP contribution in [0.1, 0.15) is 10.4 Å². The summed E-state index contributed by atoms with van der Waals surface area (Å²) in [7, 11) is -1.29. The van der Waals surface area contributed by atoms with Gasteiger partial charge >= 0.3 is 0 Å². The fourth-order valence-electron chi connectivity index (χ4n) is 1.42. The normalized spacial score (nSPS) is 12.0. The van der Waals surface area contributed by atoms with Gasteiger partial charge in [0.15, 0.2) is 6.29 Å². The Labute approximate surface area is 96.4 Å². The summed E-state index contributed by atoms with van der Waals surface area (Å²) < 4.78 is 12.2. The Kier molecular flexibility index (Phi) is 3.27. The third kappa shape index (κ3) is 2.09. The van der Waals surface area contributed by atoms with Crippen molar-refractivity contribution in [3.8, 4) is 0 Å². The lowest BCUT2D eigenvalue weighted by atomic mass is 10.2. The van der Waals surface area contributed by atoms with Crippen LogP contribution in [0.2, 0.25) is 0 Å². The molecule has 0 aliphatic carbocycles. The molecule has 0 saturated carbocycles. The lowest BCUT2D eigenvalue weighted by molar-refractivity contribution is 0.112. The molecule has 0 heterocycles. The molecule has 0 spiro atoms. The summed E-state index contributed by atoms with van der Waals surface area (Å²) in [5.41, 5.74) is 0.477.